The van der Waals surface area contributed by atoms with Gasteiger partial charge in [0.05, 0.1) is 11.6 Å². The van der Waals surface area contributed by atoms with Gasteiger partial charge in [0.25, 0.3) is 0 Å². The lowest BCUT2D eigenvalue weighted by molar-refractivity contribution is -0.0514. The Balaban J connectivity index is 2.48. The molecule has 0 aliphatic carbocycles. The molecule has 0 amide bonds. The van der Waals surface area contributed by atoms with Crippen molar-refractivity contribution in [1.82, 2.24) is 5.32 Å². The van der Waals surface area contributed by atoms with E-state index in [1.807, 2.05) is 13.1 Å². The summed E-state index contributed by atoms with van der Waals surface area (Å²) in [6.45, 7) is 4.19. The molecule has 1 unspecified atom stereocenters. The van der Waals surface area contributed by atoms with Gasteiger partial charge in [0, 0.05) is 12.5 Å². The predicted octanol–water partition coefficient (Wildman–Crippen LogP) is 4.04. The molecule has 1 aromatic heterocycles. The summed E-state index contributed by atoms with van der Waals surface area (Å²) in [7, 11) is 3.61. The van der Waals surface area contributed by atoms with Crippen LogP contribution >= 0.6 is 0 Å². The molecule has 0 saturated carbocycles. The molecule has 1 heterocycles. The van der Waals surface area contributed by atoms with Gasteiger partial charge in [-0.3, -0.25) is 0 Å². The summed E-state index contributed by atoms with van der Waals surface area (Å²) in [6.07, 6.45) is 1.72. The first-order valence-corrected chi connectivity index (χ1v) is 7.01. The minimum Gasteiger partial charge on any atom is -0.459 e. The first kappa shape index (κ1) is 15.0. The van der Waals surface area contributed by atoms with E-state index in [0.717, 1.165) is 24.0 Å². The second-order valence-corrected chi connectivity index (χ2v) is 5.03. The number of nitrogens with one attached hydrogen (secondary N) is 1. The molecule has 0 aliphatic heterocycles. The van der Waals surface area contributed by atoms with Gasteiger partial charge in [0.2, 0.25) is 0 Å². The first-order chi connectivity index (χ1) is 9.60. The van der Waals surface area contributed by atoms with E-state index >= 15 is 0 Å². The Kier molecular flexibility index (Phi) is 4.45. The van der Waals surface area contributed by atoms with Crippen molar-refractivity contribution in [2.24, 2.45) is 0 Å². The van der Waals surface area contributed by atoms with Crippen LogP contribution in [0.1, 0.15) is 38.5 Å². The zero-order chi connectivity index (χ0) is 14.8. The Morgan fingerprint density at radius 1 is 1.30 bits per heavy atom. The fourth-order valence-electron chi connectivity index (χ4n) is 2.91. The quantitative estimate of drug-likeness (QED) is 0.866. The highest BCUT2D eigenvalue weighted by Gasteiger charge is 2.38. The first-order valence-electron chi connectivity index (χ1n) is 7.01. The molecule has 4 heteroatoms. The van der Waals surface area contributed by atoms with Gasteiger partial charge < -0.3 is 14.5 Å². The van der Waals surface area contributed by atoms with Gasteiger partial charge in [0.15, 0.2) is 0 Å². The molecule has 20 heavy (non-hydrogen) atoms. The van der Waals surface area contributed by atoms with Gasteiger partial charge in [-0.1, -0.05) is 13.8 Å². The number of ether oxygens (including phenoxy) is 1. The van der Waals surface area contributed by atoms with E-state index in [2.05, 4.69) is 19.2 Å². The minimum atomic E-state index is -0.332. The zero-order valence-electron chi connectivity index (χ0n) is 12.5. The van der Waals surface area contributed by atoms with Gasteiger partial charge >= 0.3 is 0 Å². The number of hydrogen-bond donors (Lipinski definition) is 1. The van der Waals surface area contributed by atoms with Crippen LogP contribution in [-0.4, -0.2) is 19.8 Å². The lowest BCUT2D eigenvalue weighted by Crippen LogP contribution is -2.43. The van der Waals surface area contributed by atoms with Crippen molar-refractivity contribution in [2.45, 2.75) is 38.3 Å². The van der Waals surface area contributed by atoms with E-state index in [0.29, 0.717) is 5.58 Å². The van der Waals surface area contributed by atoms with Gasteiger partial charge in [0.1, 0.15) is 17.2 Å². The molecule has 3 nitrogen and oxygen atoms in total. The Bertz CT molecular complexity index is 567. The monoisotopic (exact) mass is 279 g/mol. The molecular weight excluding hydrogens is 257 g/mol. The molecule has 0 bridgehead atoms. The molecule has 110 valence electrons. The van der Waals surface area contributed by atoms with E-state index in [-0.39, 0.29) is 17.5 Å². The topological polar surface area (TPSA) is 34.4 Å². The predicted molar refractivity (Wildman–Crippen MR) is 78.3 cm³/mol. The standard InChI is InChI=1S/C16H22FNO2/c1-5-16(6-2,19-4)15(18-3)14-10-11-9-12(17)7-8-13(11)20-14/h7-10,15,18H,5-6H2,1-4H3. The van der Waals surface area contributed by atoms with Crippen LogP contribution in [0, 0.1) is 5.82 Å². The summed E-state index contributed by atoms with van der Waals surface area (Å²) in [5, 5.41) is 4.05. The molecule has 0 aliphatic rings. The van der Waals surface area contributed by atoms with Crippen molar-refractivity contribution in [3.63, 3.8) is 0 Å². The summed E-state index contributed by atoms with van der Waals surface area (Å²) in [5.74, 6) is 0.522. The van der Waals surface area contributed by atoms with Gasteiger partial charge in [-0.05, 0) is 44.2 Å². The largest absolute Gasteiger partial charge is 0.459 e. The van der Waals surface area contributed by atoms with Crippen LogP contribution in [-0.2, 0) is 4.74 Å². The molecule has 0 radical (unpaired) electrons. The van der Waals surface area contributed by atoms with E-state index in [9.17, 15) is 4.39 Å². The van der Waals surface area contributed by atoms with Crippen LogP contribution in [0.25, 0.3) is 11.0 Å². The maximum absolute atomic E-state index is 13.3. The van der Waals surface area contributed by atoms with Crippen molar-refractivity contribution >= 4 is 11.0 Å². The second kappa shape index (κ2) is 5.94. The summed E-state index contributed by atoms with van der Waals surface area (Å²) < 4.78 is 24.9. The molecule has 0 fully saturated rings. The molecule has 0 spiro atoms. The highest BCUT2D eigenvalue weighted by molar-refractivity contribution is 5.78. The fraction of sp³-hybridized carbons (Fsp3) is 0.500. The number of hydrogen-bond acceptors (Lipinski definition) is 3. The highest BCUT2D eigenvalue weighted by Crippen LogP contribution is 2.37. The van der Waals surface area contributed by atoms with Crippen molar-refractivity contribution in [3.05, 3.63) is 35.8 Å². The summed E-state index contributed by atoms with van der Waals surface area (Å²) in [5.41, 5.74) is 0.361. The van der Waals surface area contributed by atoms with Crippen molar-refractivity contribution in [3.8, 4) is 0 Å². The van der Waals surface area contributed by atoms with Crippen LogP contribution in [0.2, 0.25) is 0 Å². The van der Waals surface area contributed by atoms with Gasteiger partial charge in [-0.25, -0.2) is 4.39 Å². The Labute approximate surface area is 119 Å². The highest BCUT2D eigenvalue weighted by atomic mass is 19.1. The minimum absolute atomic E-state index is 0.0713. The maximum atomic E-state index is 13.3. The number of fused-ring (bicyclic) bond motifs is 1. The Morgan fingerprint density at radius 2 is 2.00 bits per heavy atom. The van der Waals surface area contributed by atoms with Crippen LogP contribution in [0.15, 0.2) is 28.7 Å². The Hall–Kier alpha value is -1.39. The smallest absolute Gasteiger partial charge is 0.134 e. The molecule has 0 saturated heterocycles. The van der Waals surface area contributed by atoms with Crippen LogP contribution in [0.3, 0.4) is 0 Å². The van der Waals surface area contributed by atoms with E-state index < -0.39 is 0 Å². The maximum Gasteiger partial charge on any atom is 0.134 e. The normalized spacial score (nSPS) is 13.8. The lowest BCUT2D eigenvalue weighted by atomic mass is 9.86. The van der Waals surface area contributed by atoms with Crippen LogP contribution in [0.5, 0.6) is 0 Å². The third kappa shape index (κ3) is 2.45. The van der Waals surface area contributed by atoms with Crippen molar-refractivity contribution in [1.29, 1.82) is 0 Å². The third-order valence-corrected chi connectivity index (χ3v) is 4.20. The Morgan fingerprint density at radius 3 is 2.55 bits per heavy atom. The number of furan rings is 1. The molecule has 1 aromatic carbocycles. The van der Waals surface area contributed by atoms with E-state index in [1.54, 1.807) is 13.2 Å². The second-order valence-electron chi connectivity index (χ2n) is 5.03. The molecule has 1 N–H and O–H groups in total. The number of likely N-dealkylation sites (N-methyl/N-ethyl adjacent to an activating group) is 1. The fourth-order valence-corrected chi connectivity index (χ4v) is 2.91. The number of benzene rings is 1. The number of rotatable bonds is 6. The summed E-state index contributed by atoms with van der Waals surface area (Å²) >= 11 is 0. The van der Waals surface area contributed by atoms with Gasteiger partial charge in [-0.2, -0.15) is 0 Å². The molecular formula is C16H22FNO2. The van der Waals surface area contributed by atoms with Crippen molar-refractivity contribution in [2.75, 3.05) is 14.2 Å². The molecule has 2 aromatic rings. The summed E-state index contributed by atoms with van der Waals surface area (Å²) in [6, 6.07) is 6.37. The zero-order valence-corrected chi connectivity index (χ0v) is 12.5. The van der Waals surface area contributed by atoms with Crippen LogP contribution in [0.4, 0.5) is 4.39 Å². The summed E-state index contributed by atoms with van der Waals surface area (Å²) in [4.78, 5) is 0. The van der Waals surface area contributed by atoms with Gasteiger partial charge in [-0.15, -0.1) is 0 Å². The SMILES string of the molecule is CCC(CC)(OC)C(NC)c1cc2cc(F)ccc2o1. The lowest BCUT2D eigenvalue weighted by Gasteiger charge is -2.37. The third-order valence-electron chi connectivity index (χ3n) is 4.20. The molecule has 1 atom stereocenters. The average Bonchev–Trinajstić information content (AvgIpc) is 2.87. The van der Waals surface area contributed by atoms with E-state index in [4.69, 9.17) is 9.15 Å². The number of halogens is 1. The van der Waals surface area contributed by atoms with Crippen LogP contribution < -0.4 is 5.32 Å². The van der Waals surface area contributed by atoms with E-state index in [1.165, 1.54) is 12.1 Å². The average molecular weight is 279 g/mol. The van der Waals surface area contributed by atoms with Crippen molar-refractivity contribution < 1.29 is 13.5 Å². The number of methoxy groups -OCH3 is 1. The molecule has 2 rings (SSSR count).